The Balaban J connectivity index is 1.73. The minimum atomic E-state index is -3.60. The number of esters is 1. The minimum Gasteiger partial charge on any atom is -0.462 e. The summed E-state index contributed by atoms with van der Waals surface area (Å²) >= 11 is 0. The lowest BCUT2D eigenvalue weighted by atomic mass is 10.1. The molecular weight excluding hydrogens is 368 g/mol. The highest BCUT2D eigenvalue weighted by molar-refractivity contribution is 7.89. The summed E-state index contributed by atoms with van der Waals surface area (Å²) in [6, 6.07) is 8.11. The van der Waals surface area contributed by atoms with Crippen LogP contribution in [0, 0.1) is 0 Å². The van der Waals surface area contributed by atoms with Crippen molar-refractivity contribution in [2.24, 2.45) is 0 Å². The van der Waals surface area contributed by atoms with Crippen LogP contribution in [0.3, 0.4) is 0 Å². The molecule has 1 aliphatic rings. The number of carbonyl (C=O) groups excluding carboxylic acids is 1. The van der Waals surface area contributed by atoms with Crippen LogP contribution in [0.4, 0.5) is 0 Å². The van der Waals surface area contributed by atoms with Crippen molar-refractivity contribution in [3.8, 4) is 11.1 Å². The zero-order chi connectivity index (χ0) is 19.3. The average molecular weight is 390 g/mol. The fourth-order valence-electron chi connectivity index (χ4n) is 2.84. The van der Waals surface area contributed by atoms with Crippen LogP contribution in [0.5, 0.6) is 0 Å². The van der Waals surface area contributed by atoms with Gasteiger partial charge in [-0.15, -0.1) is 0 Å². The van der Waals surface area contributed by atoms with Gasteiger partial charge in [0.15, 0.2) is 0 Å². The van der Waals surface area contributed by atoms with Gasteiger partial charge in [-0.25, -0.2) is 17.9 Å². The highest BCUT2D eigenvalue weighted by Crippen LogP contribution is 2.22. The molecule has 1 unspecified atom stereocenters. The Hall–Kier alpha value is -2.29. The lowest BCUT2D eigenvalue weighted by Crippen LogP contribution is -2.31. The van der Waals surface area contributed by atoms with Gasteiger partial charge in [0.1, 0.15) is 0 Å². The van der Waals surface area contributed by atoms with Gasteiger partial charge < -0.3 is 9.47 Å². The van der Waals surface area contributed by atoms with Crippen LogP contribution in [-0.4, -0.2) is 45.2 Å². The summed E-state index contributed by atoms with van der Waals surface area (Å²) in [6.07, 6.45) is 4.82. The number of pyridine rings is 1. The Morgan fingerprint density at radius 1 is 1.26 bits per heavy atom. The summed E-state index contributed by atoms with van der Waals surface area (Å²) < 4.78 is 37.8. The van der Waals surface area contributed by atoms with Gasteiger partial charge in [-0.1, -0.05) is 12.1 Å². The van der Waals surface area contributed by atoms with E-state index in [2.05, 4.69) is 9.71 Å². The molecule has 0 saturated carbocycles. The summed E-state index contributed by atoms with van der Waals surface area (Å²) in [6.45, 7) is 2.98. The van der Waals surface area contributed by atoms with Gasteiger partial charge in [0.25, 0.3) is 0 Å². The first-order chi connectivity index (χ1) is 13.0. The summed E-state index contributed by atoms with van der Waals surface area (Å²) in [4.78, 5) is 16.1. The molecule has 1 N–H and O–H groups in total. The van der Waals surface area contributed by atoms with Crippen LogP contribution in [0.25, 0.3) is 11.1 Å². The third-order valence-electron chi connectivity index (χ3n) is 4.27. The highest BCUT2D eigenvalue weighted by Gasteiger charge is 2.20. The normalized spacial score (nSPS) is 17.0. The molecule has 0 bridgehead atoms. The van der Waals surface area contributed by atoms with Crippen LogP contribution < -0.4 is 4.72 Å². The SMILES string of the molecule is CCOC(=O)c1cncc(-c2ccc(S(=O)(=O)NCC3CCCO3)cc2)c1. The summed E-state index contributed by atoms with van der Waals surface area (Å²) in [7, 11) is -3.60. The molecular formula is C19H22N2O5S. The molecule has 2 heterocycles. The number of hydrogen-bond acceptors (Lipinski definition) is 6. The predicted octanol–water partition coefficient (Wildman–Crippen LogP) is 2.38. The van der Waals surface area contributed by atoms with Crippen molar-refractivity contribution >= 4 is 16.0 Å². The Kier molecular flexibility index (Phi) is 6.20. The van der Waals surface area contributed by atoms with Gasteiger partial charge in [-0.3, -0.25) is 4.98 Å². The second kappa shape index (κ2) is 8.60. The van der Waals surface area contributed by atoms with Crippen molar-refractivity contribution in [3.63, 3.8) is 0 Å². The molecule has 0 spiro atoms. The van der Waals surface area contributed by atoms with Crippen molar-refractivity contribution in [1.82, 2.24) is 9.71 Å². The van der Waals surface area contributed by atoms with E-state index in [4.69, 9.17) is 9.47 Å². The number of benzene rings is 1. The summed E-state index contributed by atoms with van der Waals surface area (Å²) in [5, 5.41) is 0. The predicted molar refractivity (Wildman–Crippen MR) is 99.8 cm³/mol. The fraction of sp³-hybridized carbons (Fsp3) is 0.368. The van der Waals surface area contributed by atoms with Gasteiger partial charge in [-0.2, -0.15) is 0 Å². The second-order valence-electron chi connectivity index (χ2n) is 6.19. The van der Waals surface area contributed by atoms with Gasteiger partial charge in [0.05, 0.1) is 23.2 Å². The number of nitrogens with one attached hydrogen (secondary N) is 1. The van der Waals surface area contributed by atoms with Crippen molar-refractivity contribution in [3.05, 3.63) is 48.3 Å². The Labute approximate surface area is 158 Å². The topological polar surface area (TPSA) is 94.6 Å². The minimum absolute atomic E-state index is 0.0595. The number of rotatable bonds is 7. The quantitative estimate of drug-likeness (QED) is 0.730. The van der Waals surface area contributed by atoms with Crippen LogP contribution in [-0.2, 0) is 19.5 Å². The van der Waals surface area contributed by atoms with E-state index in [1.807, 2.05) is 0 Å². The van der Waals surface area contributed by atoms with E-state index in [1.165, 1.54) is 18.3 Å². The number of carbonyl (C=O) groups is 1. The molecule has 1 saturated heterocycles. The van der Waals surface area contributed by atoms with Crippen molar-refractivity contribution in [2.45, 2.75) is 30.8 Å². The van der Waals surface area contributed by atoms with Crippen LogP contribution in [0.1, 0.15) is 30.1 Å². The molecule has 1 atom stereocenters. The standard InChI is InChI=1S/C19H22N2O5S/c1-2-25-19(22)16-10-15(11-20-12-16)14-5-7-18(8-6-14)27(23,24)21-13-17-4-3-9-26-17/h5-8,10-12,17,21H,2-4,9,13H2,1H3. The molecule has 0 aliphatic carbocycles. The molecule has 27 heavy (non-hydrogen) atoms. The first-order valence-electron chi connectivity index (χ1n) is 8.83. The maximum absolute atomic E-state index is 12.4. The van der Waals surface area contributed by atoms with E-state index in [0.717, 1.165) is 18.4 Å². The van der Waals surface area contributed by atoms with Gasteiger partial charge in [0.2, 0.25) is 10.0 Å². The lowest BCUT2D eigenvalue weighted by molar-refractivity contribution is 0.0526. The van der Waals surface area contributed by atoms with Crippen LogP contribution >= 0.6 is 0 Å². The van der Waals surface area contributed by atoms with Crippen molar-refractivity contribution in [2.75, 3.05) is 19.8 Å². The largest absolute Gasteiger partial charge is 0.462 e. The van der Waals surface area contributed by atoms with Crippen LogP contribution in [0.2, 0.25) is 0 Å². The van der Waals surface area contributed by atoms with E-state index in [1.54, 1.807) is 31.3 Å². The summed E-state index contributed by atoms with van der Waals surface area (Å²) in [5.74, 6) is -0.440. The lowest BCUT2D eigenvalue weighted by Gasteiger charge is -2.12. The Bertz CT molecular complexity index is 891. The molecule has 0 radical (unpaired) electrons. The number of ether oxygens (including phenoxy) is 2. The maximum atomic E-state index is 12.4. The Morgan fingerprint density at radius 3 is 2.70 bits per heavy atom. The first-order valence-corrected chi connectivity index (χ1v) is 10.3. The number of aromatic nitrogens is 1. The molecule has 1 aliphatic heterocycles. The third kappa shape index (κ3) is 4.91. The fourth-order valence-corrected chi connectivity index (χ4v) is 3.91. The Morgan fingerprint density at radius 2 is 2.04 bits per heavy atom. The molecule has 0 amide bonds. The zero-order valence-electron chi connectivity index (χ0n) is 15.1. The van der Waals surface area contributed by atoms with Gasteiger partial charge in [-0.05, 0) is 43.5 Å². The van der Waals surface area contributed by atoms with E-state index in [0.29, 0.717) is 17.7 Å². The zero-order valence-corrected chi connectivity index (χ0v) is 15.9. The molecule has 144 valence electrons. The number of hydrogen-bond donors (Lipinski definition) is 1. The van der Waals surface area contributed by atoms with E-state index in [9.17, 15) is 13.2 Å². The molecule has 7 nitrogen and oxygen atoms in total. The highest BCUT2D eigenvalue weighted by atomic mass is 32.2. The molecule has 1 aromatic carbocycles. The second-order valence-corrected chi connectivity index (χ2v) is 7.96. The molecule has 3 rings (SSSR count). The van der Waals surface area contributed by atoms with E-state index in [-0.39, 0.29) is 24.2 Å². The molecule has 8 heteroatoms. The summed E-state index contributed by atoms with van der Waals surface area (Å²) in [5.41, 5.74) is 1.81. The molecule has 2 aromatic rings. The smallest absolute Gasteiger partial charge is 0.339 e. The van der Waals surface area contributed by atoms with Gasteiger partial charge >= 0.3 is 5.97 Å². The number of nitrogens with zero attached hydrogens (tertiary/aromatic N) is 1. The first kappa shape index (κ1) is 19.5. The van der Waals surface area contributed by atoms with Crippen LogP contribution in [0.15, 0.2) is 47.6 Å². The van der Waals surface area contributed by atoms with Gasteiger partial charge in [0, 0.05) is 31.1 Å². The van der Waals surface area contributed by atoms with Crippen molar-refractivity contribution in [1.29, 1.82) is 0 Å². The number of sulfonamides is 1. The maximum Gasteiger partial charge on any atom is 0.339 e. The monoisotopic (exact) mass is 390 g/mol. The third-order valence-corrected chi connectivity index (χ3v) is 5.71. The molecule has 1 fully saturated rings. The van der Waals surface area contributed by atoms with Crippen molar-refractivity contribution < 1.29 is 22.7 Å². The average Bonchev–Trinajstić information content (AvgIpc) is 3.21. The molecule has 1 aromatic heterocycles. The van der Waals surface area contributed by atoms with E-state index >= 15 is 0 Å². The van der Waals surface area contributed by atoms with E-state index < -0.39 is 16.0 Å².